The van der Waals surface area contributed by atoms with Gasteiger partial charge >= 0.3 is 5.97 Å². The highest BCUT2D eigenvalue weighted by molar-refractivity contribution is 5.78. The Labute approximate surface area is 110 Å². The van der Waals surface area contributed by atoms with Crippen molar-refractivity contribution < 1.29 is 9.90 Å². The van der Waals surface area contributed by atoms with Crippen LogP contribution in [0.15, 0.2) is 0 Å². The van der Waals surface area contributed by atoms with Gasteiger partial charge in [0.05, 0.1) is 0 Å². The highest BCUT2D eigenvalue weighted by Gasteiger charge is 2.41. The summed E-state index contributed by atoms with van der Waals surface area (Å²) in [6.07, 6.45) is 4.56. The number of carboxylic acid groups (broad SMARTS) is 1. The summed E-state index contributed by atoms with van der Waals surface area (Å²) in [6, 6.07) is 0. The molecule has 104 valence electrons. The van der Waals surface area contributed by atoms with E-state index >= 15 is 0 Å². The Morgan fingerprint density at radius 3 is 2.56 bits per heavy atom. The van der Waals surface area contributed by atoms with Crippen LogP contribution >= 0.6 is 0 Å². The minimum Gasteiger partial charge on any atom is -0.480 e. The van der Waals surface area contributed by atoms with Crippen molar-refractivity contribution >= 4 is 5.97 Å². The number of hydrogen-bond donors (Lipinski definition) is 2. The largest absolute Gasteiger partial charge is 0.480 e. The van der Waals surface area contributed by atoms with Crippen LogP contribution < -0.4 is 5.32 Å². The van der Waals surface area contributed by atoms with Gasteiger partial charge in [-0.15, -0.1) is 0 Å². The highest BCUT2D eigenvalue weighted by Crippen LogP contribution is 2.32. The fourth-order valence-electron chi connectivity index (χ4n) is 3.43. The van der Waals surface area contributed by atoms with Gasteiger partial charge in [-0.05, 0) is 70.6 Å². The first kappa shape index (κ1) is 13.8. The van der Waals surface area contributed by atoms with Crippen molar-refractivity contribution in [2.75, 3.05) is 26.2 Å². The zero-order valence-corrected chi connectivity index (χ0v) is 11.6. The topological polar surface area (TPSA) is 52.6 Å². The van der Waals surface area contributed by atoms with Gasteiger partial charge < -0.3 is 15.3 Å². The molecule has 0 aromatic rings. The van der Waals surface area contributed by atoms with Crippen LogP contribution in [0.2, 0.25) is 0 Å². The van der Waals surface area contributed by atoms with Crippen LogP contribution in [-0.4, -0.2) is 47.7 Å². The Balaban J connectivity index is 1.77. The number of nitrogens with zero attached hydrogens (tertiary/aromatic N) is 1. The molecule has 2 N–H and O–H groups in total. The molecule has 2 aliphatic rings. The molecule has 4 nitrogen and oxygen atoms in total. The molecular formula is C14H26N2O2. The summed E-state index contributed by atoms with van der Waals surface area (Å²) >= 11 is 0. The maximum absolute atomic E-state index is 11.2. The molecular weight excluding hydrogens is 228 g/mol. The molecule has 4 heteroatoms. The molecule has 2 heterocycles. The molecule has 2 atom stereocenters. The van der Waals surface area contributed by atoms with Crippen LogP contribution in [0.5, 0.6) is 0 Å². The van der Waals surface area contributed by atoms with Gasteiger partial charge in [0.1, 0.15) is 5.54 Å². The molecule has 0 aliphatic carbocycles. The van der Waals surface area contributed by atoms with Crippen molar-refractivity contribution in [2.24, 2.45) is 11.8 Å². The Hall–Kier alpha value is -0.610. The second kappa shape index (κ2) is 5.57. The van der Waals surface area contributed by atoms with Crippen LogP contribution in [-0.2, 0) is 4.79 Å². The minimum absolute atomic E-state index is 0.546. The third-order valence-electron chi connectivity index (χ3n) is 4.77. The monoisotopic (exact) mass is 254 g/mol. The number of piperidine rings is 1. The average Bonchev–Trinajstić information content (AvgIpc) is 2.73. The fourth-order valence-corrected chi connectivity index (χ4v) is 3.43. The van der Waals surface area contributed by atoms with Gasteiger partial charge in [0.15, 0.2) is 0 Å². The van der Waals surface area contributed by atoms with Crippen molar-refractivity contribution in [1.82, 2.24) is 10.2 Å². The third kappa shape index (κ3) is 3.04. The predicted molar refractivity (Wildman–Crippen MR) is 71.6 cm³/mol. The maximum Gasteiger partial charge on any atom is 0.323 e. The fraction of sp³-hybridized carbons (Fsp3) is 0.929. The molecule has 0 bridgehead atoms. The molecule has 0 radical (unpaired) electrons. The Morgan fingerprint density at radius 2 is 2.06 bits per heavy atom. The normalized spacial score (nSPS) is 34.9. The molecule has 2 rings (SSSR count). The minimum atomic E-state index is -0.703. The van der Waals surface area contributed by atoms with Gasteiger partial charge in [-0.2, -0.15) is 0 Å². The lowest BCUT2D eigenvalue weighted by Gasteiger charge is -2.32. The van der Waals surface area contributed by atoms with E-state index in [1.807, 2.05) is 6.92 Å². The first-order valence-electron chi connectivity index (χ1n) is 7.24. The van der Waals surface area contributed by atoms with Crippen LogP contribution in [0.3, 0.4) is 0 Å². The van der Waals surface area contributed by atoms with E-state index in [0.29, 0.717) is 5.92 Å². The number of rotatable bonds is 4. The summed E-state index contributed by atoms with van der Waals surface area (Å²) in [7, 11) is 0. The zero-order chi connectivity index (χ0) is 13.2. The molecule has 2 aliphatic heterocycles. The van der Waals surface area contributed by atoms with Crippen molar-refractivity contribution in [2.45, 2.75) is 45.1 Å². The second-order valence-corrected chi connectivity index (χ2v) is 6.20. The van der Waals surface area contributed by atoms with Gasteiger partial charge in [-0.1, -0.05) is 6.92 Å². The second-order valence-electron chi connectivity index (χ2n) is 6.20. The van der Waals surface area contributed by atoms with Crippen LogP contribution in [0.25, 0.3) is 0 Å². The van der Waals surface area contributed by atoms with Crippen molar-refractivity contribution in [1.29, 1.82) is 0 Å². The first-order valence-corrected chi connectivity index (χ1v) is 7.24. The molecule has 18 heavy (non-hydrogen) atoms. The van der Waals surface area contributed by atoms with E-state index in [0.717, 1.165) is 25.4 Å². The van der Waals surface area contributed by atoms with E-state index in [1.54, 1.807) is 0 Å². The van der Waals surface area contributed by atoms with Crippen molar-refractivity contribution in [3.63, 3.8) is 0 Å². The lowest BCUT2D eigenvalue weighted by atomic mass is 9.84. The number of carbonyl (C=O) groups is 1. The first-order chi connectivity index (χ1) is 8.53. The van der Waals surface area contributed by atoms with E-state index in [4.69, 9.17) is 0 Å². The van der Waals surface area contributed by atoms with Gasteiger partial charge in [0.2, 0.25) is 0 Å². The summed E-state index contributed by atoms with van der Waals surface area (Å²) in [5.74, 6) is 0.644. The van der Waals surface area contributed by atoms with Crippen molar-refractivity contribution in [3.8, 4) is 0 Å². The Kier molecular flexibility index (Phi) is 4.28. The molecule has 0 aromatic heterocycles. The molecule has 2 saturated heterocycles. The molecule has 0 aromatic carbocycles. The predicted octanol–water partition coefficient (Wildman–Crippen LogP) is 1.56. The molecule has 0 amide bonds. The average molecular weight is 254 g/mol. The number of hydrogen-bond acceptors (Lipinski definition) is 3. The van der Waals surface area contributed by atoms with E-state index in [2.05, 4.69) is 17.1 Å². The smallest absolute Gasteiger partial charge is 0.323 e. The Morgan fingerprint density at radius 1 is 1.39 bits per heavy atom. The summed E-state index contributed by atoms with van der Waals surface area (Å²) in [6.45, 7) is 8.51. The summed E-state index contributed by atoms with van der Waals surface area (Å²) in [4.78, 5) is 13.7. The zero-order valence-electron chi connectivity index (χ0n) is 11.6. The van der Waals surface area contributed by atoms with Gasteiger partial charge in [-0.25, -0.2) is 0 Å². The van der Waals surface area contributed by atoms with E-state index < -0.39 is 11.5 Å². The van der Waals surface area contributed by atoms with Crippen LogP contribution in [0.1, 0.15) is 39.5 Å². The van der Waals surface area contributed by atoms with Gasteiger partial charge in [0.25, 0.3) is 0 Å². The van der Waals surface area contributed by atoms with Gasteiger partial charge in [0, 0.05) is 0 Å². The molecule has 0 saturated carbocycles. The van der Waals surface area contributed by atoms with E-state index in [-0.39, 0.29) is 0 Å². The number of likely N-dealkylation sites (tertiary alicyclic amines) is 1. The standard InChI is InChI=1S/C14H26N2O2/c1-3-16-6-4-11(5-7-16)8-12-9-14(2,13(17)18)15-10-12/h11-12,15H,3-10H2,1-2H3,(H,17,18). The summed E-state index contributed by atoms with van der Waals surface area (Å²) in [5.41, 5.74) is -0.686. The summed E-state index contributed by atoms with van der Waals surface area (Å²) < 4.78 is 0. The van der Waals surface area contributed by atoms with Crippen LogP contribution in [0, 0.1) is 11.8 Å². The van der Waals surface area contributed by atoms with E-state index in [9.17, 15) is 9.90 Å². The quantitative estimate of drug-likeness (QED) is 0.799. The maximum atomic E-state index is 11.2. The molecule has 2 unspecified atom stereocenters. The number of carboxylic acids is 1. The lowest BCUT2D eigenvalue weighted by Crippen LogP contribution is -2.44. The van der Waals surface area contributed by atoms with Crippen molar-refractivity contribution in [3.05, 3.63) is 0 Å². The third-order valence-corrected chi connectivity index (χ3v) is 4.77. The molecule has 0 spiro atoms. The SMILES string of the molecule is CCN1CCC(CC2CNC(C)(C(=O)O)C2)CC1. The van der Waals surface area contributed by atoms with Gasteiger partial charge in [-0.3, -0.25) is 4.79 Å². The van der Waals surface area contributed by atoms with E-state index in [1.165, 1.54) is 32.4 Å². The highest BCUT2D eigenvalue weighted by atomic mass is 16.4. The van der Waals surface area contributed by atoms with Crippen LogP contribution in [0.4, 0.5) is 0 Å². The number of aliphatic carboxylic acids is 1. The lowest BCUT2D eigenvalue weighted by molar-refractivity contribution is -0.143. The number of nitrogens with one attached hydrogen (secondary N) is 1. The molecule has 2 fully saturated rings. The Bertz CT molecular complexity index is 300. The summed E-state index contributed by atoms with van der Waals surface area (Å²) in [5, 5.41) is 12.4.